The Balaban J connectivity index is 1.96. The molecule has 3 N–H and O–H groups in total. The lowest BCUT2D eigenvalue weighted by molar-refractivity contribution is -0.139. The lowest BCUT2D eigenvalue weighted by Crippen LogP contribution is -2.50. The van der Waals surface area contributed by atoms with Gasteiger partial charge < -0.3 is 15.4 Å². The van der Waals surface area contributed by atoms with Crippen molar-refractivity contribution >= 4 is 27.8 Å². The van der Waals surface area contributed by atoms with Gasteiger partial charge in [-0.1, -0.05) is 48.5 Å². The number of carbonyl (C=O) groups excluding carboxylic acids is 3. The summed E-state index contributed by atoms with van der Waals surface area (Å²) < 4.78 is 32.0. The van der Waals surface area contributed by atoms with Crippen molar-refractivity contribution in [2.45, 2.75) is 43.7 Å². The molecule has 0 aliphatic rings. The third kappa shape index (κ3) is 9.03. The molecule has 0 aliphatic heterocycles. The minimum atomic E-state index is -3.73. The molecule has 0 saturated carbocycles. The van der Waals surface area contributed by atoms with Crippen LogP contribution in [0.25, 0.3) is 0 Å². The van der Waals surface area contributed by atoms with Crippen LogP contribution in [0, 0.1) is 0 Å². The molecule has 33 heavy (non-hydrogen) atoms. The average molecular weight is 476 g/mol. The van der Waals surface area contributed by atoms with Crippen LogP contribution in [0.4, 0.5) is 4.79 Å². The van der Waals surface area contributed by atoms with Crippen molar-refractivity contribution in [3.05, 3.63) is 66.2 Å². The van der Waals surface area contributed by atoms with E-state index in [9.17, 15) is 22.8 Å². The summed E-state index contributed by atoms with van der Waals surface area (Å²) in [6, 6.07) is 15.5. The molecular weight excluding hydrogens is 446 g/mol. The third-order valence-corrected chi connectivity index (χ3v) is 5.75. The van der Waals surface area contributed by atoms with Crippen LogP contribution < -0.4 is 15.4 Å². The highest BCUT2D eigenvalue weighted by Crippen LogP contribution is 2.09. The SMILES string of the molecule is CC(C)(C)OC(=O)N[C@@H](Cc1ccccc1)C(=O)C(=O)NCCNS(=O)(=O)c1ccccc1. The minimum absolute atomic E-state index is 0.0903. The van der Waals surface area contributed by atoms with E-state index in [1.54, 1.807) is 63.2 Å². The van der Waals surface area contributed by atoms with E-state index < -0.39 is 39.4 Å². The van der Waals surface area contributed by atoms with Gasteiger partial charge in [-0.15, -0.1) is 0 Å². The van der Waals surface area contributed by atoms with Crippen LogP contribution in [0.1, 0.15) is 26.3 Å². The highest BCUT2D eigenvalue weighted by Gasteiger charge is 2.29. The van der Waals surface area contributed by atoms with Gasteiger partial charge in [-0.2, -0.15) is 0 Å². The van der Waals surface area contributed by atoms with E-state index in [2.05, 4.69) is 15.4 Å². The molecule has 0 fully saturated rings. The molecule has 2 rings (SSSR count). The molecular formula is C23H29N3O6S. The maximum atomic E-state index is 12.7. The summed E-state index contributed by atoms with van der Waals surface area (Å²) in [7, 11) is -3.73. The number of ether oxygens (including phenoxy) is 1. The number of hydrogen-bond acceptors (Lipinski definition) is 6. The fourth-order valence-corrected chi connectivity index (χ4v) is 3.85. The Morgan fingerprint density at radius 1 is 0.909 bits per heavy atom. The molecule has 0 aliphatic carbocycles. The Morgan fingerprint density at radius 3 is 2.06 bits per heavy atom. The summed E-state index contributed by atoms with van der Waals surface area (Å²) in [5, 5.41) is 4.84. The number of alkyl carbamates (subject to hydrolysis) is 1. The molecule has 178 valence electrons. The van der Waals surface area contributed by atoms with Crippen LogP contribution >= 0.6 is 0 Å². The van der Waals surface area contributed by atoms with E-state index in [1.165, 1.54) is 12.1 Å². The smallest absolute Gasteiger partial charge is 0.408 e. The molecule has 0 spiro atoms. The number of Topliss-reactive ketones (excluding diaryl/α,β-unsaturated/α-hetero) is 1. The summed E-state index contributed by atoms with van der Waals surface area (Å²) in [6.07, 6.45) is -0.729. The first-order valence-corrected chi connectivity index (χ1v) is 11.9. The lowest BCUT2D eigenvalue weighted by atomic mass is 10.0. The van der Waals surface area contributed by atoms with E-state index in [0.29, 0.717) is 0 Å². The van der Waals surface area contributed by atoms with Crippen molar-refractivity contribution in [1.82, 2.24) is 15.4 Å². The Morgan fingerprint density at radius 2 is 1.48 bits per heavy atom. The predicted octanol–water partition coefficient (Wildman–Crippen LogP) is 1.79. The number of carbonyl (C=O) groups is 3. The molecule has 10 heteroatoms. The molecule has 1 atom stereocenters. The van der Waals surface area contributed by atoms with Gasteiger partial charge in [-0.3, -0.25) is 9.59 Å². The Kier molecular flexibility index (Phi) is 9.12. The summed E-state index contributed by atoms with van der Waals surface area (Å²) in [4.78, 5) is 37.4. The fourth-order valence-electron chi connectivity index (χ4n) is 2.80. The number of sulfonamides is 1. The Bertz CT molecular complexity index is 1050. The van der Waals surface area contributed by atoms with Gasteiger partial charge in [0.05, 0.1) is 4.90 Å². The quantitative estimate of drug-likeness (QED) is 0.355. The standard InChI is InChI=1S/C23H29N3O6S/c1-23(2,3)32-22(29)26-19(16-17-10-6-4-7-11-17)20(27)21(28)24-14-15-25-33(30,31)18-12-8-5-9-13-18/h4-13,19,25H,14-16H2,1-3H3,(H,24,28)(H,26,29)/t19-/m0/s1. The molecule has 0 heterocycles. The second-order valence-electron chi connectivity index (χ2n) is 8.22. The number of amides is 2. The number of benzene rings is 2. The lowest BCUT2D eigenvalue weighted by Gasteiger charge is -2.23. The molecule has 0 aromatic heterocycles. The van der Waals surface area contributed by atoms with E-state index in [1.807, 2.05) is 6.07 Å². The largest absolute Gasteiger partial charge is 0.444 e. The summed E-state index contributed by atoms with van der Waals surface area (Å²) in [6.45, 7) is 4.83. The zero-order chi connectivity index (χ0) is 24.5. The highest BCUT2D eigenvalue weighted by molar-refractivity contribution is 7.89. The van der Waals surface area contributed by atoms with Crippen molar-refractivity contribution < 1.29 is 27.5 Å². The number of rotatable bonds is 10. The predicted molar refractivity (Wildman–Crippen MR) is 123 cm³/mol. The van der Waals surface area contributed by atoms with E-state index in [-0.39, 0.29) is 24.4 Å². The maximum absolute atomic E-state index is 12.7. The van der Waals surface area contributed by atoms with Gasteiger partial charge in [0.2, 0.25) is 15.8 Å². The second kappa shape index (κ2) is 11.6. The van der Waals surface area contributed by atoms with Gasteiger partial charge >= 0.3 is 6.09 Å². The third-order valence-electron chi connectivity index (χ3n) is 4.27. The molecule has 0 unspecified atom stereocenters. The van der Waals surface area contributed by atoms with Crippen molar-refractivity contribution in [1.29, 1.82) is 0 Å². The second-order valence-corrected chi connectivity index (χ2v) is 9.99. The molecule has 0 saturated heterocycles. The van der Waals surface area contributed by atoms with Gasteiger partial charge in [0.25, 0.3) is 5.91 Å². The molecule has 9 nitrogen and oxygen atoms in total. The van der Waals surface area contributed by atoms with Crippen molar-refractivity contribution in [2.24, 2.45) is 0 Å². The van der Waals surface area contributed by atoms with E-state index in [4.69, 9.17) is 4.74 Å². The molecule has 2 aromatic carbocycles. The van der Waals surface area contributed by atoms with Gasteiger partial charge in [-0.25, -0.2) is 17.9 Å². The number of hydrogen-bond donors (Lipinski definition) is 3. The van der Waals surface area contributed by atoms with Crippen molar-refractivity contribution in [3.8, 4) is 0 Å². The summed E-state index contributed by atoms with van der Waals surface area (Å²) >= 11 is 0. The minimum Gasteiger partial charge on any atom is -0.444 e. The summed E-state index contributed by atoms with van der Waals surface area (Å²) in [5.74, 6) is -1.80. The van der Waals surface area contributed by atoms with Crippen molar-refractivity contribution in [3.63, 3.8) is 0 Å². The first-order chi connectivity index (χ1) is 15.5. The molecule has 0 bridgehead atoms. The molecule has 2 amide bonds. The first-order valence-electron chi connectivity index (χ1n) is 10.4. The molecule has 0 radical (unpaired) electrons. The first kappa shape index (κ1) is 26.0. The van der Waals surface area contributed by atoms with E-state index in [0.717, 1.165) is 5.56 Å². The monoisotopic (exact) mass is 475 g/mol. The zero-order valence-corrected chi connectivity index (χ0v) is 19.6. The fraction of sp³-hybridized carbons (Fsp3) is 0.348. The topological polar surface area (TPSA) is 131 Å². The zero-order valence-electron chi connectivity index (χ0n) is 18.8. The molecule has 2 aromatic rings. The van der Waals surface area contributed by atoms with Crippen LogP contribution in [-0.4, -0.2) is 50.9 Å². The Labute approximate surface area is 194 Å². The van der Waals surface area contributed by atoms with Crippen LogP contribution in [0.5, 0.6) is 0 Å². The van der Waals surface area contributed by atoms with Crippen LogP contribution in [-0.2, 0) is 30.8 Å². The van der Waals surface area contributed by atoms with Gasteiger partial charge in [0.15, 0.2) is 0 Å². The average Bonchev–Trinajstić information content (AvgIpc) is 2.75. The van der Waals surface area contributed by atoms with Crippen LogP contribution in [0.2, 0.25) is 0 Å². The number of ketones is 1. The Hall–Kier alpha value is -3.24. The van der Waals surface area contributed by atoms with Crippen molar-refractivity contribution in [2.75, 3.05) is 13.1 Å². The normalized spacial score (nSPS) is 12.5. The van der Waals surface area contributed by atoms with E-state index >= 15 is 0 Å². The highest BCUT2D eigenvalue weighted by atomic mass is 32.2. The van der Waals surface area contributed by atoms with Crippen LogP contribution in [0.3, 0.4) is 0 Å². The summed E-state index contributed by atoms with van der Waals surface area (Å²) in [5.41, 5.74) is -0.0295. The van der Waals surface area contributed by atoms with Gasteiger partial charge in [-0.05, 0) is 38.5 Å². The maximum Gasteiger partial charge on any atom is 0.408 e. The van der Waals surface area contributed by atoms with Crippen LogP contribution in [0.15, 0.2) is 65.6 Å². The van der Waals surface area contributed by atoms with Gasteiger partial charge in [0, 0.05) is 19.5 Å². The number of nitrogens with one attached hydrogen (secondary N) is 3. The van der Waals surface area contributed by atoms with Gasteiger partial charge in [0.1, 0.15) is 11.6 Å².